The number of aromatic nitrogens is 3. The molecule has 1 saturated carbocycles. The van der Waals surface area contributed by atoms with Crippen LogP contribution in [0.3, 0.4) is 0 Å². The molecule has 1 aromatic carbocycles. The molecule has 0 amide bonds. The maximum Gasteiger partial charge on any atom is 0.140 e. The third-order valence-corrected chi connectivity index (χ3v) is 6.56. The Kier molecular flexibility index (Phi) is 7.17. The SMILES string of the molecule is Cl.Cl.N[C@@H]1CCN(c2cccc3ccc(-c4cnc5cc(OCC6CC6)ccn45)nc23)C[C@@H]1F. The largest absolute Gasteiger partial charge is 0.493 e. The zero-order valence-electron chi connectivity index (χ0n) is 18.6. The standard InChI is InChI=1S/C25H26FN5O.2ClH/c26-19-14-30(10-9-20(19)27)22-3-1-2-17-6-7-21(29-25(17)22)23-13-28-24-12-18(8-11-31(23)24)32-15-16-4-5-16;;/h1-3,6-8,11-13,16,19-20H,4-5,9-10,14-15,27H2;2*1H/t19-,20+;;/m0../s1. The van der Waals surface area contributed by atoms with Crippen molar-refractivity contribution in [3.05, 3.63) is 54.9 Å². The van der Waals surface area contributed by atoms with Gasteiger partial charge in [-0.3, -0.25) is 4.40 Å². The van der Waals surface area contributed by atoms with Crippen molar-refractivity contribution in [1.82, 2.24) is 14.4 Å². The van der Waals surface area contributed by atoms with Crippen molar-refractivity contribution in [3.63, 3.8) is 0 Å². The van der Waals surface area contributed by atoms with E-state index in [2.05, 4.69) is 16.0 Å². The van der Waals surface area contributed by atoms with E-state index in [1.165, 1.54) is 12.8 Å². The number of halogens is 3. The van der Waals surface area contributed by atoms with E-state index >= 15 is 0 Å². The lowest BCUT2D eigenvalue weighted by atomic mass is 10.0. The Labute approximate surface area is 210 Å². The van der Waals surface area contributed by atoms with Gasteiger partial charge in [-0.2, -0.15) is 0 Å². The molecule has 0 spiro atoms. The molecule has 9 heteroatoms. The molecule has 1 saturated heterocycles. The lowest BCUT2D eigenvalue weighted by molar-refractivity contribution is 0.251. The van der Waals surface area contributed by atoms with E-state index < -0.39 is 6.17 Å². The average Bonchev–Trinajstić information content (AvgIpc) is 3.56. The summed E-state index contributed by atoms with van der Waals surface area (Å²) >= 11 is 0. The zero-order chi connectivity index (χ0) is 21.7. The molecule has 2 atom stereocenters. The molecule has 6 rings (SSSR count). The van der Waals surface area contributed by atoms with Crippen LogP contribution in [0, 0.1) is 5.92 Å². The summed E-state index contributed by atoms with van der Waals surface area (Å²) in [5.41, 5.74) is 10.3. The Morgan fingerprint density at radius 3 is 2.74 bits per heavy atom. The summed E-state index contributed by atoms with van der Waals surface area (Å²) in [4.78, 5) is 11.6. The number of nitrogens with zero attached hydrogens (tertiary/aromatic N) is 4. The first-order valence-electron chi connectivity index (χ1n) is 11.3. The van der Waals surface area contributed by atoms with Crippen LogP contribution >= 0.6 is 24.8 Å². The van der Waals surface area contributed by atoms with Crippen LogP contribution < -0.4 is 15.4 Å². The number of alkyl halides is 1. The van der Waals surface area contributed by atoms with Crippen molar-refractivity contribution in [1.29, 1.82) is 0 Å². The molecule has 2 aliphatic rings. The van der Waals surface area contributed by atoms with Crippen LogP contribution in [-0.2, 0) is 0 Å². The molecule has 4 aromatic rings. The fourth-order valence-electron chi connectivity index (χ4n) is 4.41. The van der Waals surface area contributed by atoms with Gasteiger partial charge in [0.05, 0.1) is 41.9 Å². The van der Waals surface area contributed by atoms with Gasteiger partial charge < -0.3 is 15.4 Å². The van der Waals surface area contributed by atoms with Crippen LogP contribution in [0.2, 0.25) is 0 Å². The van der Waals surface area contributed by atoms with Gasteiger partial charge in [-0.1, -0.05) is 18.2 Å². The van der Waals surface area contributed by atoms with Gasteiger partial charge >= 0.3 is 0 Å². The fourth-order valence-corrected chi connectivity index (χ4v) is 4.41. The third kappa shape index (κ3) is 4.65. The molecular formula is C25H28Cl2FN5O. The first kappa shape index (κ1) is 24.5. The smallest absolute Gasteiger partial charge is 0.140 e. The van der Waals surface area contributed by atoms with Crippen LogP contribution in [0.25, 0.3) is 27.9 Å². The van der Waals surface area contributed by atoms with Gasteiger partial charge in [0.25, 0.3) is 0 Å². The van der Waals surface area contributed by atoms with E-state index in [0.717, 1.165) is 52.5 Å². The molecular weight excluding hydrogens is 476 g/mol. The number of rotatable bonds is 5. The highest BCUT2D eigenvalue weighted by Gasteiger charge is 2.27. The Balaban J connectivity index is 0.00000137. The van der Waals surface area contributed by atoms with E-state index in [1.807, 2.05) is 53.2 Å². The summed E-state index contributed by atoms with van der Waals surface area (Å²) in [5, 5.41) is 1.03. The summed E-state index contributed by atoms with van der Waals surface area (Å²) < 4.78 is 22.2. The van der Waals surface area contributed by atoms with Gasteiger partial charge in [0.2, 0.25) is 0 Å². The van der Waals surface area contributed by atoms with Crippen LogP contribution in [-0.4, -0.2) is 46.3 Å². The normalized spacial score (nSPS) is 20.1. The monoisotopic (exact) mass is 503 g/mol. The Morgan fingerprint density at radius 2 is 1.94 bits per heavy atom. The zero-order valence-corrected chi connectivity index (χ0v) is 20.3. The molecule has 2 N–H and O–H groups in total. The van der Waals surface area contributed by atoms with Gasteiger partial charge in [0.15, 0.2) is 0 Å². The van der Waals surface area contributed by atoms with Gasteiger partial charge in [0.1, 0.15) is 17.6 Å². The highest BCUT2D eigenvalue weighted by Crippen LogP contribution is 2.32. The Hall–Kier alpha value is -2.61. The predicted molar refractivity (Wildman–Crippen MR) is 138 cm³/mol. The van der Waals surface area contributed by atoms with Crippen molar-refractivity contribution in [3.8, 4) is 17.1 Å². The molecule has 0 radical (unpaired) electrons. The van der Waals surface area contributed by atoms with Gasteiger partial charge in [-0.15, -0.1) is 24.8 Å². The van der Waals surface area contributed by atoms with Gasteiger partial charge in [-0.05, 0) is 43.4 Å². The summed E-state index contributed by atoms with van der Waals surface area (Å²) in [6, 6.07) is 13.7. The second-order valence-corrected chi connectivity index (χ2v) is 8.95. The first-order chi connectivity index (χ1) is 15.7. The highest BCUT2D eigenvalue weighted by atomic mass is 35.5. The third-order valence-electron chi connectivity index (χ3n) is 6.56. The van der Waals surface area contributed by atoms with E-state index in [4.69, 9.17) is 15.5 Å². The lowest BCUT2D eigenvalue weighted by Crippen LogP contribution is -2.48. The topological polar surface area (TPSA) is 68.7 Å². The highest BCUT2D eigenvalue weighted by molar-refractivity contribution is 5.92. The minimum Gasteiger partial charge on any atom is -0.493 e. The summed E-state index contributed by atoms with van der Waals surface area (Å²) in [6.07, 6.45) is 5.96. The van der Waals surface area contributed by atoms with Crippen molar-refractivity contribution >= 4 is 47.1 Å². The van der Waals surface area contributed by atoms with Crippen LogP contribution in [0.5, 0.6) is 5.75 Å². The number of nitrogens with two attached hydrogens (primary N) is 1. The van der Waals surface area contributed by atoms with E-state index in [1.54, 1.807) is 0 Å². The number of fused-ring (bicyclic) bond motifs is 2. The molecule has 6 nitrogen and oxygen atoms in total. The second kappa shape index (κ2) is 9.94. The van der Waals surface area contributed by atoms with Crippen molar-refractivity contribution in [2.24, 2.45) is 11.7 Å². The molecule has 4 heterocycles. The number of anilines is 1. The molecule has 1 aliphatic heterocycles. The maximum atomic E-state index is 14.3. The van der Waals surface area contributed by atoms with Crippen molar-refractivity contribution in [2.75, 3.05) is 24.6 Å². The number of imidazole rings is 1. The number of ether oxygens (including phenoxy) is 1. The molecule has 34 heavy (non-hydrogen) atoms. The van der Waals surface area contributed by atoms with Crippen LogP contribution in [0.4, 0.5) is 10.1 Å². The average molecular weight is 504 g/mol. The van der Waals surface area contributed by atoms with Crippen molar-refractivity contribution < 1.29 is 9.13 Å². The number of piperidine rings is 1. The minimum absolute atomic E-state index is 0. The molecule has 1 aliphatic carbocycles. The van der Waals surface area contributed by atoms with E-state index in [-0.39, 0.29) is 30.9 Å². The minimum atomic E-state index is -1.03. The molecule has 2 fully saturated rings. The Bertz CT molecular complexity index is 1300. The van der Waals surface area contributed by atoms with Crippen LogP contribution in [0.1, 0.15) is 19.3 Å². The number of benzene rings is 1. The molecule has 0 bridgehead atoms. The van der Waals surface area contributed by atoms with E-state index in [9.17, 15) is 4.39 Å². The summed E-state index contributed by atoms with van der Waals surface area (Å²) in [6.45, 7) is 1.80. The first-order valence-corrected chi connectivity index (χ1v) is 11.3. The second-order valence-electron chi connectivity index (χ2n) is 8.95. The number of para-hydroxylation sites is 1. The number of pyridine rings is 2. The van der Waals surface area contributed by atoms with Crippen molar-refractivity contribution in [2.45, 2.75) is 31.5 Å². The fraction of sp³-hybridized carbons (Fsp3) is 0.360. The quantitative estimate of drug-likeness (QED) is 0.412. The van der Waals surface area contributed by atoms with Crippen LogP contribution in [0.15, 0.2) is 54.9 Å². The molecule has 0 unspecified atom stereocenters. The van der Waals surface area contributed by atoms with Gasteiger partial charge in [0, 0.05) is 30.2 Å². The van der Waals surface area contributed by atoms with Gasteiger partial charge in [-0.25, -0.2) is 14.4 Å². The summed E-state index contributed by atoms with van der Waals surface area (Å²) in [5.74, 6) is 1.56. The van der Waals surface area contributed by atoms with E-state index in [0.29, 0.717) is 18.9 Å². The number of hydrogen-bond donors (Lipinski definition) is 1. The lowest BCUT2D eigenvalue weighted by Gasteiger charge is -2.34. The number of hydrogen-bond acceptors (Lipinski definition) is 5. The Morgan fingerprint density at radius 1 is 1.09 bits per heavy atom. The predicted octanol–water partition coefficient (Wildman–Crippen LogP) is 5.06. The molecule has 180 valence electrons. The maximum absolute atomic E-state index is 14.3. The summed E-state index contributed by atoms with van der Waals surface area (Å²) in [7, 11) is 0. The molecule has 3 aromatic heterocycles.